The van der Waals surface area contributed by atoms with Crippen molar-refractivity contribution in [3.05, 3.63) is 29.7 Å². The van der Waals surface area contributed by atoms with Gasteiger partial charge in [-0.1, -0.05) is 0 Å². The Kier molecular flexibility index (Phi) is 3.08. The molecule has 0 atom stereocenters. The third-order valence-corrected chi connectivity index (χ3v) is 2.24. The highest BCUT2D eigenvalue weighted by atomic mass is 16.1. The van der Waals surface area contributed by atoms with E-state index in [1.807, 2.05) is 19.2 Å². The molecule has 4 N–H and O–H groups in total. The van der Waals surface area contributed by atoms with Crippen molar-refractivity contribution in [3.8, 4) is 0 Å². The minimum absolute atomic E-state index is 0.224. The highest BCUT2D eigenvalue weighted by Gasteiger charge is 2.07. The molecule has 7 heteroatoms. The quantitative estimate of drug-likeness (QED) is 0.689. The Labute approximate surface area is 98.0 Å². The molecule has 1 amide bonds. The van der Waals surface area contributed by atoms with Gasteiger partial charge in [0.15, 0.2) is 0 Å². The molecule has 0 spiro atoms. The first kappa shape index (κ1) is 11.2. The lowest BCUT2D eigenvalue weighted by molar-refractivity contribution is 0.0947. The van der Waals surface area contributed by atoms with E-state index in [4.69, 9.17) is 5.73 Å². The monoisotopic (exact) mass is 234 g/mol. The molecule has 0 aliphatic heterocycles. The molecule has 0 aliphatic carbocycles. The molecule has 0 aliphatic rings. The van der Waals surface area contributed by atoms with Gasteiger partial charge in [-0.15, -0.1) is 0 Å². The van der Waals surface area contributed by atoms with Crippen LogP contribution >= 0.6 is 0 Å². The van der Waals surface area contributed by atoms with E-state index in [1.54, 1.807) is 4.68 Å². The van der Waals surface area contributed by atoms with Gasteiger partial charge in [-0.2, -0.15) is 10.2 Å². The van der Waals surface area contributed by atoms with Crippen LogP contribution in [0, 0.1) is 6.92 Å². The summed E-state index contributed by atoms with van der Waals surface area (Å²) in [7, 11) is 0. The van der Waals surface area contributed by atoms with Crippen LogP contribution in [0.4, 0.5) is 5.82 Å². The van der Waals surface area contributed by atoms with Gasteiger partial charge in [0.1, 0.15) is 11.5 Å². The lowest BCUT2D eigenvalue weighted by Gasteiger charge is -2.03. The van der Waals surface area contributed by atoms with E-state index in [2.05, 4.69) is 20.6 Å². The molecule has 0 saturated heterocycles. The maximum atomic E-state index is 11.6. The van der Waals surface area contributed by atoms with Gasteiger partial charge in [0, 0.05) is 18.8 Å². The summed E-state index contributed by atoms with van der Waals surface area (Å²) in [6, 6.07) is 3.41. The summed E-state index contributed by atoms with van der Waals surface area (Å²) in [5.41, 5.74) is 6.72. The van der Waals surface area contributed by atoms with Crippen LogP contribution in [-0.2, 0) is 6.54 Å². The lowest BCUT2D eigenvalue weighted by Crippen LogP contribution is -2.27. The first-order chi connectivity index (χ1) is 8.15. The summed E-state index contributed by atoms with van der Waals surface area (Å²) in [5.74, 6) is 0.0796. The maximum Gasteiger partial charge on any atom is 0.269 e. The van der Waals surface area contributed by atoms with Gasteiger partial charge in [0.25, 0.3) is 5.91 Å². The number of carbonyl (C=O) groups is 1. The minimum Gasteiger partial charge on any atom is -0.382 e. The number of nitrogens with one attached hydrogen (secondary N) is 2. The van der Waals surface area contributed by atoms with Crippen molar-refractivity contribution in [1.29, 1.82) is 0 Å². The van der Waals surface area contributed by atoms with Crippen molar-refractivity contribution in [2.45, 2.75) is 13.5 Å². The van der Waals surface area contributed by atoms with Gasteiger partial charge < -0.3 is 11.1 Å². The van der Waals surface area contributed by atoms with Crippen LogP contribution in [0.15, 0.2) is 18.3 Å². The Morgan fingerprint density at radius 1 is 1.65 bits per heavy atom. The van der Waals surface area contributed by atoms with Crippen LogP contribution in [0.25, 0.3) is 0 Å². The Bertz CT molecular complexity index is 514. The van der Waals surface area contributed by atoms with Gasteiger partial charge in [0.2, 0.25) is 0 Å². The Morgan fingerprint density at radius 2 is 2.47 bits per heavy atom. The van der Waals surface area contributed by atoms with E-state index in [0.29, 0.717) is 24.6 Å². The molecule has 0 bridgehead atoms. The summed E-state index contributed by atoms with van der Waals surface area (Å²) in [6.45, 7) is 3.05. The fourth-order valence-electron chi connectivity index (χ4n) is 1.42. The standard InChI is InChI=1S/C10H14N6O/c1-7-2-4-16(15-7)5-3-12-10(17)8-6-9(11)14-13-8/h2,4,6H,3,5H2,1H3,(H,12,17)(H3,11,13,14). The number of H-pyrrole nitrogens is 1. The molecular weight excluding hydrogens is 220 g/mol. The average Bonchev–Trinajstić information content (AvgIpc) is 2.88. The van der Waals surface area contributed by atoms with E-state index in [-0.39, 0.29) is 5.91 Å². The Hall–Kier alpha value is -2.31. The van der Waals surface area contributed by atoms with E-state index >= 15 is 0 Å². The van der Waals surface area contributed by atoms with Gasteiger partial charge in [-0.05, 0) is 13.0 Å². The summed E-state index contributed by atoms with van der Waals surface area (Å²) < 4.78 is 1.77. The molecule has 2 rings (SSSR count). The average molecular weight is 234 g/mol. The largest absolute Gasteiger partial charge is 0.382 e. The zero-order valence-electron chi connectivity index (χ0n) is 9.47. The molecule has 90 valence electrons. The van der Waals surface area contributed by atoms with Crippen LogP contribution in [0.3, 0.4) is 0 Å². The van der Waals surface area contributed by atoms with Crippen LogP contribution in [0.5, 0.6) is 0 Å². The fraction of sp³-hybridized carbons (Fsp3) is 0.300. The number of nitrogens with two attached hydrogens (primary N) is 1. The number of rotatable bonds is 4. The number of nitrogen functional groups attached to an aromatic ring is 1. The van der Waals surface area contributed by atoms with Crippen LogP contribution < -0.4 is 11.1 Å². The Morgan fingerprint density at radius 3 is 3.06 bits per heavy atom. The van der Waals surface area contributed by atoms with E-state index in [9.17, 15) is 4.79 Å². The molecule has 2 heterocycles. The van der Waals surface area contributed by atoms with Gasteiger partial charge in [0.05, 0.1) is 12.2 Å². The van der Waals surface area contributed by atoms with Crippen LogP contribution in [0.1, 0.15) is 16.2 Å². The summed E-state index contributed by atoms with van der Waals surface area (Å²) in [5, 5.41) is 13.2. The first-order valence-corrected chi connectivity index (χ1v) is 5.24. The number of hydrogen-bond donors (Lipinski definition) is 3. The van der Waals surface area contributed by atoms with Gasteiger partial charge in [-0.25, -0.2) is 0 Å². The van der Waals surface area contributed by atoms with Crippen LogP contribution in [-0.4, -0.2) is 32.4 Å². The fourth-order valence-corrected chi connectivity index (χ4v) is 1.42. The Balaban J connectivity index is 1.81. The number of anilines is 1. The zero-order valence-corrected chi connectivity index (χ0v) is 9.47. The molecule has 0 saturated carbocycles. The molecule has 2 aromatic rings. The van der Waals surface area contributed by atoms with Crippen LogP contribution in [0.2, 0.25) is 0 Å². The number of aromatic nitrogens is 4. The van der Waals surface area contributed by atoms with Gasteiger partial charge in [-0.3, -0.25) is 14.6 Å². The SMILES string of the molecule is Cc1ccn(CCNC(=O)c2cc(N)n[nH]2)n1. The highest BCUT2D eigenvalue weighted by molar-refractivity contribution is 5.92. The zero-order chi connectivity index (χ0) is 12.3. The number of amides is 1. The summed E-state index contributed by atoms with van der Waals surface area (Å²) >= 11 is 0. The topological polar surface area (TPSA) is 102 Å². The second-order valence-electron chi connectivity index (χ2n) is 3.68. The maximum absolute atomic E-state index is 11.6. The smallest absolute Gasteiger partial charge is 0.269 e. The molecule has 0 radical (unpaired) electrons. The molecular formula is C10H14N6O. The van der Waals surface area contributed by atoms with Crippen molar-refractivity contribution in [3.63, 3.8) is 0 Å². The van der Waals surface area contributed by atoms with Crippen molar-refractivity contribution in [2.24, 2.45) is 0 Å². The third-order valence-electron chi connectivity index (χ3n) is 2.24. The summed E-state index contributed by atoms with van der Waals surface area (Å²) in [6.07, 6.45) is 1.87. The number of aromatic amines is 1. The van der Waals surface area contributed by atoms with E-state index in [1.165, 1.54) is 6.07 Å². The molecule has 17 heavy (non-hydrogen) atoms. The second-order valence-corrected chi connectivity index (χ2v) is 3.68. The van der Waals surface area contributed by atoms with Gasteiger partial charge >= 0.3 is 0 Å². The van der Waals surface area contributed by atoms with Crippen molar-refractivity contribution < 1.29 is 4.79 Å². The molecule has 0 unspecified atom stereocenters. The summed E-state index contributed by atoms with van der Waals surface area (Å²) in [4.78, 5) is 11.6. The second kappa shape index (κ2) is 4.69. The predicted octanol–water partition coefficient (Wildman–Crippen LogP) is -0.0732. The highest BCUT2D eigenvalue weighted by Crippen LogP contribution is 1.99. The number of nitrogens with zero attached hydrogens (tertiary/aromatic N) is 3. The number of aryl methyl sites for hydroxylation is 1. The van der Waals surface area contributed by atoms with E-state index in [0.717, 1.165) is 5.69 Å². The minimum atomic E-state index is -0.224. The molecule has 2 aromatic heterocycles. The predicted molar refractivity (Wildman–Crippen MR) is 62.3 cm³/mol. The van der Waals surface area contributed by atoms with Crippen molar-refractivity contribution in [1.82, 2.24) is 25.3 Å². The molecule has 0 fully saturated rings. The van der Waals surface area contributed by atoms with Crippen molar-refractivity contribution in [2.75, 3.05) is 12.3 Å². The third kappa shape index (κ3) is 2.83. The molecule has 7 nitrogen and oxygen atoms in total. The van der Waals surface area contributed by atoms with E-state index < -0.39 is 0 Å². The first-order valence-electron chi connectivity index (χ1n) is 5.24. The normalized spacial score (nSPS) is 10.4. The van der Waals surface area contributed by atoms with Crippen molar-refractivity contribution >= 4 is 11.7 Å². The number of carbonyl (C=O) groups excluding carboxylic acids is 1. The lowest BCUT2D eigenvalue weighted by atomic mass is 10.4. The molecule has 0 aromatic carbocycles. The number of hydrogen-bond acceptors (Lipinski definition) is 4.